The number of hydrogen-bond donors (Lipinski definition) is 2. The number of amides is 3. The molecule has 0 aromatic heterocycles. The summed E-state index contributed by atoms with van der Waals surface area (Å²) in [5.41, 5.74) is 4.54. The lowest BCUT2D eigenvalue weighted by atomic mass is 9.63. The first-order chi connectivity index (χ1) is 10.9. The first-order valence-electron chi connectivity index (χ1n) is 7.73. The quantitative estimate of drug-likeness (QED) is 0.887. The van der Waals surface area contributed by atoms with Crippen LogP contribution < -0.4 is 11.1 Å². The first-order valence-corrected chi connectivity index (χ1v) is 7.73. The molecule has 1 heterocycles. The van der Waals surface area contributed by atoms with Crippen LogP contribution >= 0.6 is 0 Å². The molecule has 3 amide bonds. The van der Waals surface area contributed by atoms with Crippen molar-refractivity contribution in [2.75, 3.05) is 13.1 Å². The lowest BCUT2D eigenvalue weighted by molar-refractivity contribution is -0.130. The first kappa shape index (κ1) is 15.7. The van der Waals surface area contributed by atoms with Crippen LogP contribution in [-0.2, 0) is 10.2 Å². The number of hydrogen-bond acceptors (Lipinski definition) is 2. The summed E-state index contributed by atoms with van der Waals surface area (Å²) in [5, 5.41) is 2.90. The van der Waals surface area contributed by atoms with E-state index >= 15 is 0 Å². The zero-order chi connectivity index (χ0) is 16.6. The van der Waals surface area contributed by atoms with Crippen LogP contribution in [0.4, 0.5) is 13.6 Å². The predicted octanol–water partition coefficient (Wildman–Crippen LogP) is 1.66. The van der Waals surface area contributed by atoms with Crippen molar-refractivity contribution in [3.05, 3.63) is 35.4 Å². The number of nitrogens with two attached hydrogens (primary N) is 1. The largest absolute Gasteiger partial charge is 0.351 e. The fraction of sp³-hybridized carbons (Fsp3) is 0.500. The van der Waals surface area contributed by atoms with Gasteiger partial charge in [-0.2, -0.15) is 0 Å². The van der Waals surface area contributed by atoms with Crippen LogP contribution in [0, 0.1) is 11.6 Å². The van der Waals surface area contributed by atoms with Gasteiger partial charge in [0.05, 0.1) is 5.41 Å². The van der Waals surface area contributed by atoms with Crippen molar-refractivity contribution in [1.82, 2.24) is 10.2 Å². The molecule has 1 aliphatic heterocycles. The maximum absolute atomic E-state index is 14.1. The average molecular weight is 323 g/mol. The smallest absolute Gasteiger partial charge is 0.314 e. The molecular formula is C16H19F2N3O2. The summed E-state index contributed by atoms with van der Waals surface area (Å²) in [6.45, 7) is 0.862. The molecule has 1 saturated carbocycles. The fourth-order valence-electron chi connectivity index (χ4n) is 3.43. The van der Waals surface area contributed by atoms with Crippen LogP contribution in [-0.4, -0.2) is 36.0 Å². The molecule has 1 aromatic carbocycles. The molecule has 0 bridgehead atoms. The van der Waals surface area contributed by atoms with Crippen molar-refractivity contribution < 1.29 is 18.4 Å². The van der Waals surface area contributed by atoms with E-state index in [9.17, 15) is 18.4 Å². The minimum atomic E-state index is -0.933. The van der Waals surface area contributed by atoms with E-state index in [0.717, 1.165) is 12.5 Å². The van der Waals surface area contributed by atoms with Gasteiger partial charge >= 0.3 is 6.03 Å². The maximum Gasteiger partial charge on any atom is 0.314 e. The second kappa shape index (κ2) is 5.79. The highest BCUT2D eigenvalue weighted by molar-refractivity contribution is 5.89. The summed E-state index contributed by atoms with van der Waals surface area (Å²) in [6, 6.07) is 2.65. The van der Waals surface area contributed by atoms with Crippen LogP contribution in [0.25, 0.3) is 0 Å². The molecule has 1 aliphatic carbocycles. The molecule has 2 aliphatic rings. The number of carbonyl (C=O) groups excluding carboxylic acids is 2. The van der Waals surface area contributed by atoms with Gasteiger partial charge in [-0.15, -0.1) is 0 Å². The molecule has 1 saturated heterocycles. The lowest BCUT2D eigenvalue weighted by Crippen LogP contribution is -2.53. The monoisotopic (exact) mass is 323 g/mol. The Kier molecular flexibility index (Phi) is 3.95. The van der Waals surface area contributed by atoms with Crippen molar-refractivity contribution in [3.8, 4) is 0 Å². The topological polar surface area (TPSA) is 75.4 Å². The number of nitrogens with zero attached hydrogens (tertiary/aromatic N) is 1. The molecule has 124 valence electrons. The molecule has 0 unspecified atom stereocenters. The summed E-state index contributed by atoms with van der Waals surface area (Å²) >= 11 is 0. The number of likely N-dealkylation sites (tertiary alicyclic amines) is 1. The van der Waals surface area contributed by atoms with Crippen LogP contribution in [0.2, 0.25) is 0 Å². The van der Waals surface area contributed by atoms with E-state index in [1.807, 2.05) is 0 Å². The number of primary amides is 1. The van der Waals surface area contributed by atoms with E-state index < -0.39 is 23.1 Å². The molecule has 1 aromatic rings. The van der Waals surface area contributed by atoms with Gasteiger partial charge in [0.15, 0.2) is 0 Å². The Balaban J connectivity index is 1.75. The van der Waals surface area contributed by atoms with Crippen LogP contribution in [0.3, 0.4) is 0 Å². The Morgan fingerprint density at radius 1 is 1.30 bits per heavy atom. The molecule has 1 atom stereocenters. The normalized spacial score (nSPS) is 22.5. The van der Waals surface area contributed by atoms with Crippen LogP contribution in [0.15, 0.2) is 18.2 Å². The third kappa shape index (κ3) is 2.75. The Labute approximate surface area is 132 Å². The van der Waals surface area contributed by atoms with E-state index in [-0.39, 0.29) is 17.5 Å². The van der Waals surface area contributed by atoms with Crippen LogP contribution in [0.1, 0.15) is 31.2 Å². The summed E-state index contributed by atoms with van der Waals surface area (Å²) < 4.78 is 27.2. The second-order valence-electron chi connectivity index (χ2n) is 6.30. The Morgan fingerprint density at radius 2 is 2.04 bits per heavy atom. The highest BCUT2D eigenvalue weighted by atomic mass is 19.1. The summed E-state index contributed by atoms with van der Waals surface area (Å²) in [4.78, 5) is 25.3. The standard InChI is InChI=1S/C16H19F2N3O2/c17-10-2-3-12(13(18)8-10)16(5-1-6-16)14(22)20-11-4-7-21(9-11)15(19)23/h2-3,8,11H,1,4-7,9H2,(H2,19,23)(H,20,22)/t11-/m0/s1. The molecule has 23 heavy (non-hydrogen) atoms. The van der Waals surface area contributed by atoms with Crippen molar-refractivity contribution in [3.63, 3.8) is 0 Å². The Bertz CT molecular complexity index is 646. The number of benzene rings is 1. The minimum Gasteiger partial charge on any atom is -0.351 e. The van der Waals surface area contributed by atoms with Gasteiger partial charge < -0.3 is 16.0 Å². The molecule has 0 spiro atoms. The van der Waals surface area contributed by atoms with Gasteiger partial charge in [-0.3, -0.25) is 4.79 Å². The Morgan fingerprint density at radius 3 is 2.57 bits per heavy atom. The number of rotatable bonds is 3. The maximum atomic E-state index is 14.1. The lowest BCUT2D eigenvalue weighted by Gasteiger charge is -2.41. The summed E-state index contributed by atoms with van der Waals surface area (Å²) in [6.07, 6.45) is 2.51. The molecule has 0 radical (unpaired) electrons. The molecular weight excluding hydrogens is 304 g/mol. The zero-order valence-corrected chi connectivity index (χ0v) is 12.6. The fourth-order valence-corrected chi connectivity index (χ4v) is 3.43. The molecule has 3 N–H and O–H groups in total. The van der Waals surface area contributed by atoms with Gasteiger partial charge in [0.2, 0.25) is 5.91 Å². The summed E-state index contributed by atoms with van der Waals surface area (Å²) in [5.74, 6) is -1.61. The highest BCUT2D eigenvalue weighted by Crippen LogP contribution is 2.45. The van der Waals surface area contributed by atoms with Gasteiger partial charge in [-0.05, 0) is 25.3 Å². The van der Waals surface area contributed by atoms with E-state index in [1.54, 1.807) is 0 Å². The molecule has 3 rings (SSSR count). The van der Waals surface area contributed by atoms with E-state index in [2.05, 4.69) is 5.32 Å². The third-order valence-corrected chi connectivity index (χ3v) is 4.92. The second-order valence-corrected chi connectivity index (χ2v) is 6.30. The zero-order valence-electron chi connectivity index (χ0n) is 12.6. The Hall–Kier alpha value is -2.18. The van der Waals surface area contributed by atoms with Gasteiger partial charge in [-0.1, -0.05) is 12.5 Å². The van der Waals surface area contributed by atoms with E-state index in [0.29, 0.717) is 32.4 Å². The van der Waals surface area contributed by atoms with Crippen molar-refractivity contribution in [1.29, 1.82) is 0 Å². The highest BCUT2D eigenvalue weighted by Gasteiger charge is 2.48. The van der Waals surface area contributed by atoms with E-state index in [4.69, 9.17) is 5.73 Å². The number of carbonyl (C=O) groups is 2. The summed E-state index contributed by atoms with van der Waals surface area (Å²) in [7, 11) is 0. The average Bonchev–Trinajstić information content (AvgIpc) is 2.88. The molecule has 5 nitrogen and oxygen atoms in total. The minimum absolute atomic E-state index is 0.184. The predicted molar refractivity (Wildman–Crippen MR) is 79.6 cm³/mol. The molecule has 7 heteroatoms. The van der Waals surface area contributed by atoms with Crippen molar-refractivity contribution >= 4 is 11.9 Å². The van der Waals surface area contributed by atoms with Gasteiger partial charge in [0.1, 0.15) is 11.6 Å². The van der Waals surface area contributed by atoms with Gasteiger partial charge in [-0.25, -0.2) is 13.6 Å². The van der Waals surface area contributed by atoms with Crippen molar-refractivity contribution in [2.24, 2.45) is 5.73 Å². The third-order valence-electron chi connectivity index (χ3n) is 4.92. The molecule has 2 fully saturated rings. The van der Waals surface area contributed by atoms with Gasteiger partial charge in [0.25, 0.3) is 0 Å². The van der Waals surface area contributed by atoms with Gasteiger partial charge in [0, 0.05) is 30.8 Å². The van der Waals surface area contributed by atoms with E-state index in [1.165, 1.54) is 17.0 Å². The van der Waals surface area contributed by atoms with Crippen LogP contribution in [0.5, 0.6) is 0 Å². The number of nitrogens with one attached hydrogen (secondary N) is 1. The number of halogens is 2. The number of urea groups is 1. The van der Waals surface area contributed by atoms with Crippen molar-refractivity contribution in [2.45, 2.75) is 37.1 Å². The SMILES string of the molecule is NC(=O)N1CC[C@H](NC(=O)C2(c3ccc(F)cc3F)CCC2)C1.